The van der Waals surface area contributed by atoms with Gasteiger partial charge in [0.15, 0.2) is 0 Å². The molecule has 0 aliphatic rings. The molecule has 0 aliphatic heterocycles. The number of hydrogen-bond acceptors (Lipinski definition) is 4. The van der Waals surface area contributed by atoms with Crippen LogP contribution in [-0.2, 0) is 27.9 Å². The summed E-state index contributed by atoms with van der Waals surface area (Å²) in [7, 11) is -2.51. The van der Waals surface area contributed by atoms with Crippen molar-refractivity contribution in [2.75, 3.05) is 18.0 Å². The monoisotopic (exact) mass is 500 g/mol. The SMILES string of the molecule is COc1cccc(N(CC(=O)N(Cc2ccccc2)Cc2ccccc2)S(=O)(=O)c2ccccc2)c1. The van der Waals surface area contributed by atoms with Crippen molar-refractivity contribution in [3.8, 4) is 5.75 Å². The maximum Gasteiger partial charge on any atom is 0.264 e. The van der Waals surface area contributed by atoms with Crippen LogP contribution < -0.4 is 9.04 Å². The molecule has 4 aromatic rings. The van der Waals surface area contributed by atoms with E-state index in [9.17, 15) is 13.2 Å². The Morgan fingerprint density at radius 1 is 0.722 bits per heavy atom. The molecule has 0 saturated heterocycles. The largest absolute Gasteiger partial charge is 0.497 e. The van der Waals surface area contributed by atoms with E-state index in [1.807, 2.05) is 60.7 Å². The number of rotatable bonds is 10. The molecule has 0 unspecified atom stereocenters. The zero-order valence-corrected chi connectivity index (χ0v) is 20.8. The van der Waals surface area contributed by atoms with Gasteiger partial charge >= 0.3 is 0 Å². The molecule has 0 bridgehead atoms. The topological polar surface area (TPSA) is 66.9 Å². The summed E-state index contributed by atoms with van der Waals surface area (Å²) in [6.07, 6.45) is 0. The molecule has 4 rings (SSSR count). The second kappa shape index (κ2) is 11.6. The Labute approximate surface area is 212 Å². The van der Waals surface area contributed by atoms with E-state index in [1.54, 1.807) is 47.4 Å². The number of ether oxygens (including phenoxy) is 1. The number of methoxy groups -OCH3 is 1. The van der Waals surface area contributed by atoms with Gasteiger partial charge in [-0.25, -0.2) is 8.42 Å². The third kappa shape index (κ3) is 6.12. The number of anilines is 1. The number of carbonyl (C=O) groups is 1. The average molecular weight is 501 g/mol. The van der Waals surface area contributed by atoms with Gasteiger partial charge in [-0.1, -0.05) is 84.9 Å². The fraction of sp³-hybridized carbons (Fsp3) is 0.138. The van der Waals surface area contributed by atoms with E-state index in [0.717, 1.165) is 15.4 Å². The first-order valence-corrected chi connectivity index (χ1v) is 13.0. The molecule has 0 fully saturated rings. The molecule has 0 N–H and O–H groups in total. The normalized spacial score (nSPS) is 11.0. The minimum absolute atomic E-state index is 0.110. The molecule has 0 heterocycles. The van der Waals surface area contributed by atoms with Crippen LogP contribution in [0.3, 0.4) is 0 Å². The third-order valence-corrected chi connectivity index (χ3v) is 7.52. The van der Waals surface area contributed by atoms with Crippen molar-refractivity contribution in [3.63, 3.8) is 0 Å². The predicted octanol–water partition coefficient (Wildman–Crippen LogP) is 5.12. The summed E-state index contributed by atoms with van der Waals surface area (Å²) in [6, 6.07) is 34.2. The molecule has 0 spiro atoms. The highest BCUT2D eigenvalue weighted by molar-refractivity contribution is 7.92. The lowest BCUT2D eigenvalue weighted by atomic mass is 10.1. The number of nitrogens with zero attached hydrogens (tertiary/aromatic N) is 2. The first-order valence-electron chi connectivity index (χ1n) is 11.5. The molecule has 7 heteroatoms. The maximum atomic E-state index is 13.8. The van der Waals surface area contributed by atoms with Gasteiger partial charge in [-0.2, -0.15) is 0 Å². The van der Waals surface area contributed by atoms with Crippen molar-refractivity contribution >= 4 is 21.6 Å². The Balaban J connectivity index is 1.70. The molecular formula is C29H28N2O4S. The number of amides is 1. The van der Waals surface area contributed by atoms with Gasteiger partial charge in [0.25, 0.3) is 10.0 Å². The summed E-state index contributed by atoms with van der Waals surface area (Å²) in [5, 5.41) is 0. The molecule has 1 amide bonds. The maximum absolute atomic E-state index is 13.8. The zero-order chi connectivity index (χ0) is 25.4. The summed E-state index contributed by atoms with van der Waals surface area (Å²) >= 11 is 0. The van der Waals surface area contributed by atoms with Gasteiger partial charge in [-0.3, -0.25) is 9.10 Å². The van der Waals surface area contributed by atoms with Crippen LogP contribution >= 0.6 is 0 Å². The summed E-state index contributed by atoms with van der Waals surface area (Å²) in [4.78, 5) is 15.5. The highest BCUT2D eigenvalue weighted by atomic mass is 32.2. The average Bonchev–Trinajstić information content (AvgIpc) is 2.93. The van der Waals surface area contributed by atoms with Crippen LogP contribution in [0, 0.1) is 0 Å². The molecule has 0 saturated carbocycles. The highest BCUT2D eigenvalue weighted by Gasteiger charge is 2.29. The van der Waals surface area contributed by atoms with Crippen molar-refractivity contribution in [2.45, 2.75) is 18.0 Å². The summed E-state index contributed by atoms with van der Waals surface area (Å²) in [5.74, 6) is 0.184. The molecule has 0 aliphatic carbocycles. The molecular weight excluding hydrogens is 472 g/mol. The van der Waals surface area contributed by atoms with Crippen LogP contribution in [0.25, 0.3) is 0 Å². The van der Waals surface area contributed by atoms with Crippen LogP contribution in [0.2, 0.25) is 0 Å². The van der Waals surface area contributed by atoms with Crippen LogP contribution in [0.15, 0.2) is 120 Å². The Hall–Kier alpha value is -4.10. The van der Waals surface area contributed by atoms with E-state index in [4.69, 9.17) is 4.74 Å². The minimum atomic E-state index is -4.02. The van der Waals surface area contributed by atoms with Crippen LogP contribution in [0.1, 0.15) is 11.1 Å². The smallest absolute Gasteiger partial charge is 0.264 e. The summed E-state index contributed by atoms with van der Waals surface area (Å²) < 4.78 is 33.9. The first-order chi connectivity index (χ1) is 17.5. The van der Waals surface area contributed by atoms with E-state index in [0.29, 0.717) is 24.5 Å². The number of benzene rings is 4. The quantitative estimate of drug-likeness (QED) is 0.303. The summed E-state index contributed by atoms with van der Waals surface area (Å²) in [6.45, 7) is 0.349. The lowest BCUT2D eigenvalue weighted by Gasteiger charge is -2.29. The van der Waals surface area contributed by atoms with Crippen molar-refractivity contribution < 1.29 is 17.9 Å². The predicted molar refractivity (Wildman–Crippen MR) is 141 cm³/mol. The molecule has 4 aromatic carbocycles. The van der Waals surface area contributed by atoms with E-state index in [2.05, 4.69) is 0 Å². The van der Waals surface area contributed by atoms with E-state index >= 15 is 0 Å². The van der Waals surface area contributed by atoms with Gasteiger partial charge in [0.2, 0.25) is 5.91 Å². The van der Waals surface area contributed by atoms with Crippen molar-refractivity contribution in [1.82, 2.24) is 4.90 Å². The molecule has 0 radical (unpaired) electrons. The van der Waals surface area contributed by atoms with Gasteiger partial charge in [0.05, 0.1) is 17.7 Å². The number of sulfonamides is 1. The first kappa shape index (κ1) is 25.0. The summed E-state index contributed by atoms with van der Waals surface area (Å²) in [5.41, 5.74) is 2.27. The fourth-order valence-corrected chi connectivity index (χ4v) is 5.29. The molecule has 36 heavy (non-hydrogen) atoms. The van der Waals surface area contributed by atoms with E-state index < -0.39 is 10.0 Å². The second-order valence-corrected chi connectivity index (χ2v) is 10.1. The fourth-order valence-electron chi connectivity index (χ4n) is 3.86. The van der Waals surface area contributed by atoms with Gasteiger partial charge in [-0.15, -0.1) is 0 Å². The van der Waals surface area contributed by atoms with Gasteiger partial charge in [0, 0.05) is 19.2 Å². The standard InChI is InChI=1S/C29H28N2O4S/c1-35-27-17-11-16-26(20-27)31(36(33,34)28-18-9-4-10-19-28)23-29(32)30(21-24-12-5-2-6-13-24)22-25-14-7-3-8-15-25/h2-20H,21-23H2,1H3. The Morgan fingerprint density at radius 2 is 1.25 bits per heavy atom. The Bertz CT molecular complexity index is 1340. The van der Waals surface area contributed by atoms with Crippen LogP contribution in [0.5, 0.6) is 5.75 Å². The second-order valence-electron chi connectivity index (χ2n) is 8.25. The minimum Gasteiger partial charge on any atom is -0.497 e. The molecule has 0 atom stereocenters. The Morgan fingerprint density at radius 3 is 1.78 bits per heavy atom. The lowest BCUT2D eigenvalue weighted by Crippen LogP contribution is -2.42. The van der Waals surface area contributed by atoms with Gasteiger partial charge in [0.1, 0.15) is 12.3 Å². The number of hydrogen-bond donors (Lipinski definition) is 0. The van der Waals surface area contributed by atoms with Crippen molar-refractivity contribution in [1.29, 1.82) is 0 Å². The molecule has 6 nitrogen and oxygen atoms in total. The van der Waals surface area contributed by atoms with Crippen LogP contribution in [-0.4, -0.2) is 32.9 Å². The third-order valence-electron chi connectivity index (χ3n) is 5.74. The lowest BCUT2D eigenvalue weighted by molar-refractivity contribution is -0.130. The molecule has 0 aromatic heterocycles. The number of carbonyl (C=O) groups excluding carboxylic acids is 1. The zero-order valence-electron chi connectivity index (χ0n) is 20.0. The van der Waals surface area contributed by atoms with Crippen LogP contribution in [0.4, 0.5) is 5.69 Å². The van der Waals surface area contributed by atoms with Gasteiger partial charge in [-0.05, 0) is 35.4 Å². The van der Waals surface area contributed by atoms with Crippen molar-refractivity contribution in [3.05, 3.63) is 126 Å². The van der Waals surface area contributed by atoms with Gasteiger partial charge < -0.3 is 9.64 Å². The van der Waals surface area contributed by atoms with Crippen molar-refractivity contribution in [2.24, 2.45) is 0 Å². The highest BCUT2D eigenvalue weighted by Crippen LogP contribution is 2.27. The molecule has 184 valence electrons. The van der Waals surface area contributed by atoms with E-state index in [-0.39, 0.29) is 17.3 Å². The Kier molecular flexibility index (Phi) is 8.02. The van der Waals surface area contributed by atoms with E-state index in [1.165, 1.54) is 19.2 Å².